The van der Waals surface area contributed by atoms with Gasteiger partial charge in [-0.3, -0.25) is 10.1 Å². The molecule has 0 amide bonds. The van der Waals surface area contributed by atoms with Gasteiger partial charge in [0.05, 0.1) is 15.1 Å². The number of nitrogens with one attached hydrogen (secondary N) is 2. The summed E-state index contributed by atoms with van der Waals surface area (Å²) in [5, 5.41) is 18.0. The Labute approximate surface area is 168 Å². The Morgan fingerprint density at radius 3 is 2.66 bits per heavy atom. The SMILES string of the molecule is Cc1ccc2nc(Nc3ncnc(NCc4ccc(F)cc4)c3[N+](=O)[O-])sc2c1. The van der Waals surface area contributed by atoms with E-state index in [0.29, 0.717) is 5.13 Å². The van der Waals surface area contributed by atoms with Crippen LogP contribution in [0.5, 0.6) is 0 Å². The Kier molecular flexibility index (Phi) is 5.00. The molecule has 0 bridgehead atoms. The molecule has 2 N–H and O–H groups in total. The van der Waals surface area contributed by atoms with Crippen molar-refractivity contribution in [1.29, 1.82) is 0 Å². The second-order valence-corrected chi connectivity index (χ2v) is 7.30. The van der Waals surface area contributed by atoms with Gasteiger partial charge in [-0.25, -0.2) is 19.3 Å². The van der Waals surface area contributed by atoms with Crippen molar-refractivity contribution in [3.63, 3.8) is 0 Å². The third kappa shape index (κ3) is 4.11. The van der Waals surface area contributed by atoms with Crippen LogP contribution in [0.4, 0.5) is 26.8 Å². The molecule has 0 aliphatic rings. The fourth-order valence-corrected chi connectivity index (χ4v) is 3.71. The topological polar surface area (TPSA) is 106 Å². The van der Waals surface area contributed by atoms with Crippen LogP contribution in [0.3, 0.4) is 0 Å². The number of aryl methyl sites for hydroxylation is 1. The van der Waals surface area contributed by atoms with E-state index in [2.05, 4.69) is 25.6 Å². The zero-order chi connectivity index (χ0) is 20.4. The van der Waals surface area contributed by atoms with Crippen LogP contribution in [-0.4, -0.2) is 19.9 Å². The van der Waals surface area contributed by atoms with Crippen molar-refractivity contribution in [3.05, 3.63) is 75.9 Å². The van der Waals surface area contributed by atoms with Crippen LogP contribution in [0.2, 0.25) is 0 Å². The van der Waals surface area contributed by atoms with Crippen LogP contribution >= 0.6 is 11.3 Å². The smallest absolute Gasteiger partial charge is 0.353 e. The number of hydrogen-bond donors (Lipinski definition) is 2. The largest absolute Gasteiger partial charge is 0.360 e. The summed E-state index contributed by atoms with van der Waals surface area (Å²) in [5.74, 6) is -0.240. The fraction of sp³-hybridized carbons (Fsp3) is 0.105. The molecular weight excluding hydrogens is 395 g/mol. The van der Waals surface area contributed by atoms with Crippen molar-refractivity contribution >= 4 is 44.0 Å². The molecule has 4 rings (SSSR count). The third-order valence-electron chi connectivity index (χ3n) is 4.15. The van der Waals surface area contributed by atoms with Crippen molar-refractivity contribution in [2.75, 3.05) is 10.6 Å². The molecule has 0 fully saturated rings. The minimum Gasteiger partial charge on any atom is -0.360 e. The molecule has 0 saturated heterocycles. The van der Waals surface area contributed by atoms with Gasteiger partial charge in [0, 0.05) is 6.54 Å². The van der Waals surface area contributed by atoms with E-state index >= 15 is 0 Å². The molecule has 2 aromatic heterocycles. The Bertz CT molecular complexity index is 1200. The maximum atomic E-state index is 13.0. The van der Waals surface area contributed by atoms with Crippen LogP contribution in [0.1, 0.15) is 11.1 Å². The molecule has 0 aliphatic heterocycles. The predicted molar refractivity (Wildman–Crippen MR) is 110 cm³/mol. The summed E-state index contributed by atoms with van der Waals surface area (Å²) < 4.78 is 14.0. The van der Waals surface area contributed by atoms with Crippen molar-refractivity contribution in [2.24, 2.45) is 0 Å². The van der Waals surface area contributed by atoms with E-state index in [1.807, 2.05) is 25.1 Å². The summed E-state index contributed by atoms with van der Waals surface area (Å²) in [4.78, 5) is 23.6. The molecular formula is C19H15FN6O2S. The van der Waals surface area contributed by atoms with E-state index in [-0.39, 0.29) is 29.7 Å². The minimum atomic E-state index is -0.549. The summed E-state index contributed by atoms with van der Waals surface area (Å²) >= 11 is 1.38. The lowest BCUT2D eigenvalue weighted by Gasteiger charge is -2.09. The number of anilines is 3. The lowest BCUT2D eigenvalue weighted by Crippen LogP contribution is -2.08. The first-order chi connectivity index (χ1) is 14.0. The van der Waals surface area contributed by atoms with E-state index < -0.39 is 4.92 Å². The molecule has 0 atom stereocenters. The van der Waals surface area contributed by atoms with E-state index in [9.17, 15) is 14.5 Å². The Morgan fingerprint density at radius 1 is 1.14 bits per heavy atom. The molecule has 0 spiro atoms. The van der Waals surface area contributed by atoms with Crippen molar-refractivity contribution in [2.45, 2.75) is 13.5 Å². The van der Waals surface area contributed by atoms with Gasteiger partial charge in [-0.15, -0.1) is 0 Å². The highest BCUT2D eigenvalue weighted by molar-refractivity contribution is 7.22. The summed E-state index contributed by atoms with van der Waals surface area (Å²) in [7, 11) is 0. The first-order valence-corrected chi connectivity index (χ1v) is 9.43. The first-order valence-electron chi connectivity index (χ1n) is 8.61. The second kappa shape index (κ2) is 7.76. The van der Waals surface area contributed by atoms with Crippen molar-refractivity contribution in [1.82, 2.24) is 15.0 Å². The van der Waals surface area contributed by atoms with Crippen LogP contribution in [-0.2, 0) is 6.54 Å². The van der Waals surface area contributed by atoms with E-state index in [1.54, 1.807) is 12.1 Å². The molecule has 0 saturated carbocycles. The number of fused-ring (bicyclic) bond motifs is 1. The number of aromatic nitrogens is 3. The molecule has 0 aliphatic carbocycles. The standard InChI is InChI=1S/C19H15FN6O2S/c1-11-2-7-14-15(8-11)29-19(24-14)25-18-16(26(27)28)17(22-10-23-18)21-9-12-3-5-13(20)6-4-12/h2-8,10H,9H2,1H3,(H2,21,22,23,24,25). The highest BCUT2D eigenvalue weighted by Crippen LogP contribution is 2.34. The average molecular weight is 410 g/mol. The highest BCUT2D eigenvalue weighted by Gasteiger charge is 2.24. The minimum absolute atomic E-state index is 0.0439. The number of nitrogens with zero attached hydrogens (tertiary/aromatic N) is 4. The van der Waals surface area contributed by atoms with Gasteiger partial charge in [0.25, 0.3) is 0 Å². The van der Waals surface area contributed by atoms with Gasteiger partial charge in [-0.05, 0) is 42.3 Å². The monoisotopic (exact) mass is 410 g/mol. The van der Waals surface area contributed by atoms with Gasteiger partial charge in [0.2, 0.25) is 11.6 Å². The van der Waals surface area contributed by atoms with E-state index in [1.165, 1.54) is 29.8 Å². The molecule has 2 heterocycles. The molecule has 146 valence electrons. The predicted octanol–water partition coefficient (Wildman–Crippen LogP) is 4.80. The van der Waals surface area contributed by atoms with Gasteiger partial charge in [0.15, 0.2) is 5.13 Å². The normalized spacial score (nSPS) is 10.8. The molecule has 0 unspecified atom stereocenters. The quantitative estimate of drug-likeness (QED) is 0.347. The summed E-state index contributed by atoms with van der Waals surface area (Å²) in [5.41, 5.74) is 2.38. The Balaban J connectivity index is 1.61. The molecule has 10 heteroatoms. The maximum absolute atomic E-state index is 13.0. The van der Waals surface area contributed by atoms with Gasteiger partial charge in [-0.2, -0.15) is 0 Å². The van der Waals surface area contributed by atoms with Crippen molar-refractivity contribution in [3.8, 4) is 0 Å². The van der Waals surface area contributed by atoms with Crippen LogP contribution in [0.15, 0.2) is 48.8 Å². The first kappa shape index (κ1) is 18.7. The highest BCUT2D eigenvalue weighted by atomic mass is 32.1. The summed E-state index contributed by atoms with van der Waals surface area (Å²) in [6.07, 6.45) is 1.24. The lowest BCUT2D eigenvalue weighted by molar-refractivity contribution is -0.383. The van der Waals surface area contributed by atoms with Crippen LogP contribution in [0, 0.1) is 22.9 Å². The molecule has 29 heavy (non-hydrogen) atoms. The summed E-state index contributed by atoms with van der Waals surface area (Å²) in [6.45, 7) is 2.23. The molecule has 0 radical (unpaired) electrons. The van der Waals surface area contributed by atoms with Crippen molar-refractivity contribution < 1.29 is 9.31 Å². The number of nitro groups is 1. The van der Waals surface area contributed by atoms with Gasteiger partial charge in [-0.1, -0.05) is 29.5 Å². The molecule has 2 aromatic carbocycles. The third-order valence-corrected chi connectivity index (χ3v) is 5.08. The van der Waals surface area contributed by atoms with Crippen LogP contribution in [0.25, 0.3) is 10.2 Å². The fourth-order valence-electron chi connectivity index (χ4n) is 2.75. The number of rotatable bonds is 6. The van der Waals surface area contributed by atoms with Crippen LogP contribution < -0.4 is 10.6 Å². The van der Waals surface area contributed by atoms with Gasteiger partial charge < -0.3 is 10.6 Å². The van der Waals surface area contributed by atoms with Gasteiger partial charge in [0.1, 0.15) is 12.1 Å². The molecule has 4 aromatic rings. The number of benzene rings is 2. The number of halogens is 1. The van der Waals surface area contributed by atoms with E-state index in [0.717, 1.165) is 21.3 Å². The maximum Gasteiger partial charge on any atom is 0.353 e. The second-order valence-electron chi connectivity index (χ2n) is 6.27. The lowest BCUT2D eigenvalue weighted by atomic mass is 10.2. The number of thiazole rings is 1. The zero-order valence-electron chi connectivity index (χ0n) is 15.2. The summed E-state index contributed by atoms with van der Waals surface area (Å²) in [6, 6.07) is 11.7. The average Bonchev–Trinajstić information content (AvgIpc) is 3.08. The molecule has 8 nitrogen and oxygen atoms in total. The zero-order valence-corrected chi connectivity index (χ0v) is 16.0. The van der Waals surface area contributed by atoms with E-state index in [4.69, 9.17) is 0 Å². The van der Waals surface area contributed by atoms with Gasteiger partial charge >= 0.3 is 5.69 Å². The number of hydrogen-bond acceptors (Lipinski definition) is 8. The Hall–Kier alpha value is -3.66. The Morgan fingerprint density at radius 2 is 1.90 bits per heavy atom.